The van der Waals surface area contributed by atoms with Crippen LogP contribution in [0.1, 0.15) is 72.0 Å². The molecule has 4 heteroatoms. The van der Waals surface area contributed by atoms with Crippen molar-refractivity contribution in [1.29, 1.82) is 0 Å². The Morgan fingerprint density at radius 1 is 1.33 bits per heavy atom. The molecule has 0 unspecified atom stereocenters. The number of fused-ring (bicyclic) bond motifs is 1. The molecule has 0 aliphatic heterocycles. The summed E-state index contributed by atoms with van der Waals surface area (Å²) in [6, 6.07) is 2.10. The minimum atomic E-state index is -0.0273. The highest BCUT2D eigenvalue weighted by molar-refractivity contribution is 7.14. The number of carbonyl (C=O) groups excluding carboxylic acids is 1. The van der Waals surface area contributed by atoms with E-state index in [0.29, 0.717) is 0 Å². The molecule has 2 aliphatic rings. The Morgan fingerprint density at radius 2 is 2.14 bits per heavy atom. The van der Waals surface area contributed by atoms with Crippen molar-refractivity contribution >= 4 is 23.0 Å². The number of amides is 1. The molecule has 3 rings (SSSR count). The molecule has 1 fully saturated rings. The van der Waals surface area contributed by atoms with Gasteiger partial charge in [0.2, 0.25) is 0 Å². The third kappa shape index (κ3) is 3.54. The highest BCUT2D eigenvalue weighted by Crippen LogP contribution is 2.33. The Labute approximate surface area is 130 Å². The van der Waals surface area contributed by atoms with Gasteiger partial charge in [-0.2, -0.15) is 5.10 Å². The number of aryl methyl sites for hydroxylation is 1. The molecule has 114 valence electrons. The summed E-state index contributed by atoms with van der Waals surface area (Å²) in [5, 5.41) is 4.32. The first kappa shape index (κ1) is 14.8. The van der Waals surface area contributed by atoms with Crippen LogP contribution in [0, 0.1) is 5.92 Å². The molecule has 1 saturated carbocycles. The molecule has 1 aromatic heterocycles. The maximum atomic E-state index is 12.2. The van der Waals surface area contributed by atoms with E-state index in [9.17, 15) is 4.79 Å². The van der Waals surface area contributed by atoms with Crippen LogP contribution in [-0.4, -0.2) is 11.6 Å². The van der Waals surface area contributed by atoms with E-state index in [1.807, 2.05) is 0 Å². The second-order valence-corrected chi connectivity index (χ2v) is 7.39. The van der Waals surface area contributed by atoms with Crippen LogP contribution in [0.5, 0.6) is 0 Å². The minimum Gasteiger partial charge on any atom is -0.266 e. The number of carbonyl (C=O) groups is 1. The van der Waals surface area contributed by atoms with E-state index in [0.717, 1.165) is 42.2 Å². The van der Waals surface area contributed by atoms with Crippen molar-refractivity contribution in [2.45, 2.75) is 64.7 Å². The molecule has 0 radical (unpaired) electrons. The average Bonchev–Trinajstić information content (AvgIpc) is 2.96. The zero-order chi connectivity index (χ0) is 14.7. The Bertz CT molecular complexity index is 539. The maximum Gasteiger partial charge on any atom is 0.281 e. The third-order valence-corrected chi connectivity index (χ3v) is 5.97. The van der Waals surface area contributed by atoms with Crippen molar-refractivity contribution in [3.05, 3.63) is 21.4 Å². The van der Waals surface area contributed by atoms with Gasteiger partial charge in [-0.3, -0.25) is 4.79 Å². The fraction of sp³-hybridized carbons (Fsp3) is 0.647. The SMILES string of the molecule is CC[C@@H]1CCc2sc(C(=O)NN=C3CCCCC3)cc2C1. The summed E-state index contributed by atoms with van der Waals surface area (Å²) in [7, 11) is 0. The quantitative estimate of drug-likeness (QED) is 0.830. The molecule has 0 saturated heterocycles. The summed E-state index contributed by atoms with van der Waals surface area (Å²) >= 11 is 1.66. The highest BCUT2D eigenvalue weighted by atomic mass is 32.1. The van der Waals surface area contributed by atoms with Gasteiger partial charge in [-0.15, -0.1) is 11.3 Å². The second-order valence-electron chi connectivity index (χ2n) is 6.26. The molecule has 1 atom stereocenters. The number of nitrogens with zero attached hydrogens (tertiary/aromatic N) is 1. The number of nitrogens with one attached hydrogen (secondary N) is 1. The average molecular weight is 304 g/mol. The summed E-state index contributed by atoms with van der Waals surface area (Å²) in [4.78, 5) is 14.5. The first-order chi connectivity index (χ1) is 10.3. The monoisotopic (exact) mass is 304 g/mol. The number of rotatable bonds is 3. The third-order valence-electron chi connectivity index (χ3n) is 4.73. The Kier molecular flexibility index (Phi) is 4.73. The van der Waals surface area contributed by atoms with E-state index < -0.39 is 0 Å². The topological polar surface area (TPSA) is 41.5 Å². The fourth-order valence-corrected chi connectivity index (χ4v) is 4.41. The second kappa shape index (κ2) is 6.73. The van der Waals surface area contributed by atoms with Crippen molar-refractivity contribution in [1.82, 2.24) is 5.43 Å². The van der Waals surface area contributed by atoms with Crippen molar-refractivity contribution < 1.29 is 4.79 Å². The molecule has 0 aromatic carbocycles. The number of hydrazone groups is 1. The van der Waals surface area contributed by atoms with Crippen LogP contribution < -0.4 is 5.43 Å². The molecule has 1 N–H and O–H groups in total. The lowest BCUT2D eigenvalue weighted by Crippen LogP contribution is -2.19. The highest BCUT2D eigenvalue weighted by Gasteiger charge is 2.22. The lowest BCUT2D eigenvalue weighted by Gasteiger charge is -2.19. The van der Waals surface area contributed by atoms with E-state index in [-0.39, 0.29) is 5.91 Å². The molecule has 0 bridgehead atoms. The van der Waals surface area contributed by atoms with Gasteiger partial charge >= 0.3 is 0 Å². The Hall–Kier alpha value is -1.16. The summed E-state index contributed by atoms with van der Waals surface area (Å²) in [5.74, 6) is 0.769. The van der Waals surface area contributed by atoms with E-state index >= 15 is 0 Å². The van der Waals surface area contributed by atoms with Gasteiger partial charge in [0, 0.05) is 10.6 Å². The van der Waals surface area contributed by atoms with E-state index in [2.05, 4.69) is 23.5 Å². The number of hydrogen-bond acceptors (Lipinski definition) is 3. The van der Waals surface area contributed by atoms with Gasteiger partial charge in [0.05, 0.1) is 4.88 Å². The molecular weight excluding hydrogens is 280 g/mol. The van der Waals surface area contributed by atoms with Crippen molar-refractivity contribution in [2.75, 3.05) is 0 Å². The van der Waals surface area contributed by atoms with Crippen LogP contribution in [-0.2, 0) is 12.8 Å². The van der Waals surface area contributed by atoms with Gasteiger partial charge in [-0.25, -0.2) is 5.43 Å². The fourth-order valence-electron chi connectivity index (χ4n) is 3.32. The predicted molar refractivity (Wildman–Crippen MR) is 88.1 cm³/mol. The van der Waals surface area contributed by atoms with Crippen LogP contribution in [0.15, 0.2) is 11.2 Å². The minimum absolute atomic E-state index is 0.0273. The maximum absolute atomic E-state index is 12.2. The summed E-state index contributed by atoms with van der Waals surface area (Å²) < 4.78 is 0. The molecule has 21 heavy (non-hydrogen) atoms. The molecule has 1 aromatic rings. The molecule has 1 heterocycles. The van der Waals surface area contributed by atoms with Crippen LogP contribution in [0.3, 0.4) is 0 Å². The first-order valence-electron chi connectivity index (χ1n) is 8.23. The summed E-state index contributed by atoms with van der Waals surface area (Å²) in [5.41, 5.74) is 5.31. The van der Waals surface area contributed by atoms with Crippen LogP contribution in [0.25, 0.3) is 0 Å². The number of thiophene rings is 1. The van der Waals surface area contributed by atoms with Crippen LogP contribution >= 0.6 is 11.3 Å². The van der Waals surface area contributed by atoms with E-state index in [1.165, 1.54) is 42.5 Å². The van der Waals surface area contributed by atoms with E-state index in [1.54, 1.807) is 11.3 Å². The first-order valence-corrected chi connectivity index (χ1v) is 9.05. The smallest absolute Gasteiger partial charge is 0.266 e. The van der Waals surface area contributed by atoms with Gasteiger partial charge in [0.25, 0.3) is 5.91 Å². The van der Waals surface area contributed by atoms with Gasteiger partial charge in [-0.05, 0) is 62.5 Å². The molecular formula is C17H24N2OS. The van der Waals surface area contributed by atoms with Gasteiger partial charge in [0.15, 0.2) is 0 Å². The largest absolute Gasteiger partial charge is 0.281 e. The van der Waals surface area contributed by atoms with Crippen molar-refractivity contribution in [3.8, 4) is 0 Å². The van der Waals surface area contributed by atoms with Gasteiger partial charge < -0.3 is 0 Å². The predicted octanol–water partition coefficient (Wildman–Crippen LogP) is 4.31. The number of hydrogen-bond donors (Lipinski definition) is 1. The molecule has 0 spiro atoms. The zero-order valence-electron chi connectivity index (χ0n) is 12.8. The Balaban J connectivity index is 1.64. The van der Waals surface area contributed by atoms with Gasteiger partial charge in [0.1, 0.15) is 0 Å². The molecule has 1 amide bonds. The standard InChI is InChI=1S/C17H24N2OS/c1-2-12-8-9-15-13(10-12)11-16(21-15)17(20)19-18-14-6-4-3-5-7-14/h11-12H,2-10H2,1H3,(H,19,20)/t12-/m1/s1. The zero-order valence-corrected chi connectivity index (χ0v) is 13.6. The lowest BCUT2D eigenvalue weighted by atomic mass is 9.87. The van der Waals surface area contributed by atoms with Crippen molar-refractivity contribution in [2.24, 2.45) is 11.0 Å². The van der Waals surface area contributed by atoms with Crippen molar-refractivity contribution in [3.63, 3.8) is 0 Å². The lowest BCUT2D eigenvalue weighted by molar-refractivity contribution is 0.0958. The normalized spacial score (nSPS) is 21.8. The van der Waals surface area contributed by atoms with E-state index in [4.69, 9.17) is 0 Å². The van der Waals surface area contributed by atoms with Crippen LogP contribution in [0.2, 0.25) is 0 Å². The summed E-state index contributed by atoms with van der Waals surface area (Å²) in [6.45, 7) is 2.26. The van der Waals surface area contributed by atoms with Gasteiger partial charge in [-0.1, -0.05) is 19.8 Å². The summed E-state index contributed by atoms with van der Waals surface area (Å²) in [6.07, 6.45) is 10.6. The molecule has 3 nitrogen and oxygen atoms in total. The Morgan fingerprint density at radius 3 is 2.90 bits per heavy atom. The molecule has 2 aliphatic carbocycles. The van der Waals surface area contributed by atoms with Crippen LogP contribution in [0.4, 0.5) is 0 Å².